The van der Waals surface area contributed by atoms with Crippen molar-refractivity contribution in [3.05, 3.63) is 11.1 Å². The molecule has 0 bridgehead atoms. The van der Waals surface area contributed by atoms with Gasteiger partial charge in [0, 0.05) is 31.4 Å². The van der Waals surface area contributed by atoms with E-state index < -0.39 is 0 Å². The lowest BCUT2D eigenvalue weighted by Gasteiger charge is -2.14. The van der Waals surface area contributed by atoms with E-state index in [0.717, 1.165) is 25.9 Å². The molecule has 0 saturated carbocycles. The van der Waals surface area contributed by atoms with Crippen LogP contribution in [0, 0.1) is 0 Å². The maximum absolute atomic E-state index is 11.7. The second-order valence-electron chi connectivity index (χ2n) is 4.16. The molecule has 1 aromatic rings. The van der Waals surface area contributed by atoms with Crippen LogP contribution >= 0.6 is 11.3 Å². The minimum atomic E-state index is -0.280. The number of hydrogen-bond acceptors (Lipinski definition) is 5. The van der Waals surface area contributed by atoms with Crippen LogP contribution in [0.5, 0.6) is 0 Å². The van der Waals surface area contributed by atoms with Gasteiger partial charge in [-0.1, -0.05) is 0 Å². The first-order valence-electron chi connectivity index (χ1n) is 5.94. The fourth-order valence-electron chi connectivity index (χ4n) is 1.89. The van der Waals surface area contributed by atoms with Crippen molar-refractivity contribution in [2.75, 3.05) is 25.4 Å². The van der Waals surface area contributed by atoms with Crippen LogP contribution < -0.4 is 11.1 Å². The number of nitrogen functional groups attached to an aromatic ring is 1. The molecule has 1 saturated heterocycles. The van der Waals surface area contributed by atoms with E-state index in [0.29, 0.717) is 23.8 Å². The van der Waals surface area contributed by atoms with E-state index in [2.05, 4.69) is 10.3 Å². The van der Waals surface area contributed by atoms with E-state index in [4.69, 9.17) is 5.73 Å². The molecule has 0 aromatic carbocycles. The summed E-state index contributed by atoms with van der Waals surface area (Å²) in [6, 6.07) is 0. The van der Waals surface area contributed by atoms with Gasteiger partial charge in [0.15, 0.2) is 5.13 Å². The average Bonchev–Trinajstić information content (AvgIpc) is 2.99. The van der Waals surface area contributed by atoms with Crippen molar-refractivity contribution < 1.29 is 9.59 Å². The van der Waals surface area contributed by atoms with E-state index in [9.17, 15) is 9.59 Å². The largest absolute Gasteiger partial charge is 0.375 e. The van der Waals surface area contributed by atoms with Gasteiger partial charge in [0.05, 0.1) is 0 Å². The Bertz CT molecular complexity index is 440. The molecule has 7 heteroatoms. The molecule has 3 N–H and O–H groups in total. The average molecular weight is 268 g/mol. The van der Waals surface area contributed by atoms with Crippen LogP contribution in [-0.2, 0) is 4.79 Å². The summed E-state index contributed by atoms with van der Waals surface area (Å²) < 4.78 is 0. The number of anilines is 1. The van der Waals surface area contributed by atoms with Crippen LogP contribution in [0.1, 0.15) is 29.8 Å². The van der Waals surface area contributed by atoms with E-state index in [1.807, 2.05) is 4.90 Å². The molecule has 0 spiro atoms. The second-order valence-corrected chi connectivity index (χ2v) is 5.05. The Morgan fingerprint density at radius 3 is 2.78 bits per heavy atom. The molecule has 1 aromatic heterocycles. The first-order chi connectivity index (χ1) is 8.66. The lowest BCUT2D eigenvalue weighted by molar-refractivity contribution is -0.129. The minimum absolute atomic E-state index is 0.102. The first kappa shape index (κ1) is 12.8. The third-order valence-corrected chi connectivity index (χ3v) is 3.51. The van der Waals surface area contributed by atoms with Crippen LogP contribution in [0.2, 0.25) is 0 Å². The number of thiazole rings is 1. The highest BCUT2D eigenvalue weighted by Gasteiger charge is 2.17. The van der Waals surface area contributed by atoms with Gasteiger partial charge in [-0.2, -0.15) is 0 Å². The van der Waals surface area contributed by atoms with Crippen molar-refractivity contribution in [3.8, 4) is 0 Å². The van der Waals surface area contributed by atoms with Gasteiger partial charge >= 0.3 is 0 Å². The molecular formula is C11H16N4O2S. The predicted molar refractivity (Wildman–Crippen MR) is 69.3 cm³/mol. The van der Waals surface area contributed by atoms with Gasteiger partial charge in [0.25, 0.3) is 5.91 Å². The van der Waals surface area contributed by atoms with E-state index in [1.54, 1.807) is 5.38 Å². The summed E-state index contributed by atoms with van der Waals surface area (Å²) in [7, 11) is 0. The lowest BCUT2D eigenvalue weighted by Crippen LogP contribution is -2.32. The smallest absolute Gasteiger partial charge is 0.270 e. The predicted octanol–water partition coefficient (Wildman–Crippen LogP) is 0.468. The van der Waals surface area contributed by atoms with Crippen LogP contribution in [0.25, 0.3) is 0 Å². The van der Waals surface area contributed by atoms with Gasteiger partial charge in [-0.15, -0.1) is 11.3 Å². The van der Waals surface area contributed by atoms with Gasteiger partial charge in [-0.05, 0) is 12.8 Å². The second kappa shape index (κ2) is 5.81. The molecule has 2 heterocycles. The highest BCUT2D eigenvalue weighted by molar-refractivity contribution is 7.13. The molecule has 6 nitrogen and oxygen atoms in total. The summed E-state index contributed by atoms with van der Waals surface area (Å²) in [4.78, 5) is 29.0. The van der Waals surface area contributed by atoms with Crippen molar-refractivity contribution in [1.29, 1.82) is 0 Å². The molecule has 1 aliphatic heterocycles. The molecule has 0 atom stereocenters. The van der Waals surface area contributed by atoms with Gasteiger partial charge in [-0.25, -0.2) is 4.98 Å². The molecule has 0 radical (unpaired) electrons. The van der Waals surface area contributed by atoms with Crippen LogP contribution in [-0.4, -0.2) is 41.3 Å². The Morgan fingerprint density at radius 1 is 1.44 bits per heavy atom. The van der Waals surface area contributed by atoms with Crippen LogP contribution in [0.4, 0.5) is 5.13 Å². The first-order valence-corrected chi connectivity index (χ1v) is 6.82. The molecule has 1 fully saturated rings. The van der Waals surface area contributed by atoms with Crippen LogP contribution in [0.15, 0.2) is 5.38 Å². The Morgan fingerprint density at radius 2 is 2.17 bits per heavy atom. The molecule has 18 heavy (non-hydrogen) atoms. The van der Waals surface area contributed by atoms with Crippen molar-refractivity contribution in [3.63, 3.8) is 0 Å². The molecular weight excluding hydrogens is 252 g/mol. The van der Waals surface area contributed by atoms with E-state index in [1.165, 1.54) is 11.3 Å². The van der Waals surface area contributed by atoms with Crippen molar-refractivity contribution in [2.45, 2.75) is 19.3 Å². The Balaban J connectivity index is 1.71. The zero-order valence-electron chi connectivity index (χ0n) is 10.0. The van der Waals surface area contributed by atoms with Crippen molar-refractivity contribution in [2.24, 2.45) is 0 Å². The number of carbonyl (C=O) groups is 2. The van der Waals surface area contributed by atoms with Crippen molar-refractivity contribution in [1.82, 2.24) is 15.2 Å². The SMILES string of the molecule is Nc1nc(C(=O)NCCC(=O)N2CCCC2)cs1. The highest BCUT2D eigenvalue weighted by Crippen LogP contribution is 2.11. The molecule has 1 aliphatic rings. The maximum atomic E-state index is 11.7. The number of nitrogens with one attached hydrogen (secondary N) is 1. The summed E-state index contributed by atoms with van der Waals surface area (Å²) >= 11 is 1.22. The molecule has 2 amide bonds. The monoisotopic (exact) mass is 268 g/mol. The number of rotatable bonds is 4. The number of nitrogens with two attached hydrogens (primary N) is 1. The minimum Gasteiger partial charge on any atom is -0.375 e. The van der Waals surface area contributed by atoms with Gasteiger partial charge in [-0.3, -0.25) is 9.59 Å². The summed E-state index contributed by atoms with van der Waals surface area (Å²) in [5.41, 5.74) is 5.75. The molecule has 0 unspecified atom stereocenters. The maximum Gasteiger partial charge on any atom is 0.270 e. The quantitative estimate of drug-likeness (QED) is 0.830. The normalized spacial score (nSPS) is 14.8. The summed E-state index contributed by atoms with van der Waals surface area (Å²) in [5.74, 6) is -0.178. The zero-order valence-corrected chi connectivity index (χ0v) is 10.8. The number of amides is 2. The topological polar surface area (TPSA) is 88.3 Å². The Labute approximate surface area is 109 Å². The number of hydrogen-bond donors (Lipinski definition) is 2. The highest BCUT2D eigenvalue weighted by atomic mass is 32.1. The standard InChI is InChI=1S/C11H16N4O2S/c12-11-14-8(7-18-11)10(17)13-4-3-9(16)15-5-1-2-6-15/h7H,1-6H2,(H2,12,14)(H,13,17). The number of carbonyl (C=O) groups excluding carboxylic acids is 2. The number of likely N-dealkylation sites (tertiary alicyclic amines) is 1. The third kappa shape index (κ3) is 3.19. The van der Waals surface area contributed by atoms with Crippen LogP contribution in [0.3, 0.4) is 0 Å². The summed E-state index contributed by atoms with van der Waals surface area (Å²) in [6.45, 7) is 2.02. The van der Waals surface area contributed by atoms with Gasteiger partial charge < -0.3 is 16.0 Å². The Kier molecular flexibility index (Phi) is 4.14. The molecule has 98 valence electrons. The fourth-order valence-corrected chi connectivity index (χ4v) is 2.43. The third-order valence-electron chi connectivity index (χ3n) is 2.84. The lowest BCUT2D eigenvalue weighted by atomic mass is 10.3. The number of nitrogens with zero attached hydrogens (tertiary/aromatic N) is 2. The van der Waals surface area contributed by atoms with E-state index in [-0.39, 0.29) is 11.8 Å². The summed E-state index contributed by atoms with van der Waals surface area (Å²) in [5, 5.41) is 4.64. The summed E-state index contributed by atoms with van der Waals surface area (Å²) in [6.07, 6.45) is 2.50. The molecule has 2 rings (SSSR count). The molecule has 0 aliphatic carbocycles. The number of aromatic nitrogens is 1. The Hall–Kier alpha value is -1.63. The van der Waals surface area contributed by atoms with Gasteiger partial charge in [0.1, 0.15) is 5.69 Å². The fraction of sp³-hybridized carbons (Fsp3) is 0.545. The van der Waals surface area contributed by atoms with Gasteiger partial charge in [0.2, 0.25) is 5.91 Å². The van der Waals surface area contributed by atoms with E-state index >= 15 is 0 Å². The zero-order chi connectivity index (χ0) is 13.0. The van der Waals surface area contributed by atoms with Crippen molar-refractivity contribution >= 4 is 28.3 Å².